The summed E-state index contributed by atoms with van der Waals surface area (Å²) in [6.45, 7) is 4.56. The van der Waals surface area contributed by atoms with Crippen LogP contribution in [0.1, 0.15) is 23.6 Å². The topological polar surface area (TPSA) is 73.3 Å². The molecule has 8 heteroatoms. The Labute approximate surface area is 184 Å². The van der Waals surface area contributed by atoms with Crippen molar-refractivity contribution >= 4 is 40.2 Å². The van der Waals surface area contributed by atoms with E-state index in [1.54, 1.807) is 24.9 Å². The monoisotopic (exact) mass is 441 g/mol. The molecule has 0 aliphatic carbocycles. The van der Waals surface area contributed by atoms with Gasteiger partial charge in [-0.15, -0.1) is 10.2 Å². The highest BCUT2D eigenvalue weighted by Crippen LogP contribution is 2.30. The number of benzene rings is 2. The molecule has 0 bridgehead atoms. The molecular formula is C22H23N3O3S2. The zero-order valence-corrected chi connectivity index (χ0v) is 18.7. The third kappa shape index (κ3) is 6.08. The minimum absolute atomic E-state index is 0.266. The highest BCUT2D eigenvalue weighted by Gasteiger charge is 2.08. The quantitative estimate of drug-likeness (QED) is 0.280. The molecule has 0 unspecified atom stereocenters. The van der Waals surface area contributed by atoms with Crippen molar-refractivity contribution in [1.29, 1.82) is 0 Å². The van der Waals surface area contributed by atoms with Crippen LogP contribution in [0.15, 0.2) is 52.9 Å². The Morgan fingerprint density at radius 1 is 1.20 bits per heavy atom. The molecule has 6 nitrogen and oxygen atoms in total. The van der Waals surface area contributed by atoms with Gasteiger partial charge in [-0.3, -0.25) is 10.1 Å². The van der Waals surface area contributed by atoms with Gasteiger partial charge in [0.05, 0.1) is 7.11 Å². The minimum Gasteiger partial charge on any atom is -0.493 e. The van der Waals surface area contributed by atoms with Gasteiger partial charge in [-0.1, -0.05) is 60.4 Å². The highest BCUT2D eigenvalue weighted by atomic mass is 32.2. The van der Waals surface area contributed by atoms with E-state index in [0.29, 0.717) is 23.2 Å². The molecule has 1 N–H and O–H groups in total. The van der Waals surface area contributed by atoms with Crippen molar-refractivity contribution in [3.63, 3.8) is 0 Å². The van der Waals surface area contributed by atoms with Gasteiger partial charge in [0.25, 0.3) is 0 Å². The number of carbonyl (C=O) groups excluding carboxylic acids is 1. The predicted molar refractivity (Wildman–Crippen MR) is 122 cm³/mol. The van der Waals surface area contributed by atoms with E-state index in [2.05, 4.69) is 28.5 Å². The third-order valence-corrected chi connectivity index (χ3v) is 6.02. The summed E-state index contributed by atoms with van der Waals surface area (Å²) in [5.41, 5.74) is 3.12. The fourth-order valence-electron chi connectivity index (χ4n) is 2.60. The van der Waals surface area contributed by atoms with Crippen LogP contribution in [0.2, 0.25) is 0 Å². The first kappa shape index (κ1) is 21.9. The molecule has 0 aliphatic heterocycles. The Morgan fingerprint density at radius 2 is 2.03 bits per heavy atom. The average molecular weight is 442 g/mol. The Hall–Kier alpha value is -2.84. The van der Waals surface area contributed by atoms with Gasteiger partial charge < -0.3 is 9.47 Å². The van der Waals surface area contributed by atoms with Gasteiger partial charge in [0, 0.05) is 6.08 Å². The van der Waals surface area contributed by atoms with Crippen molar-refractivity contribution < 1.29 is 14.3 Å². The zero-order valence-electron chi connectivity index (χ0n) is 17.0. The van der Waals surface area contributed by atoms with Crippen LogP contribution in [0.5, 0.6) is 11.5 Å². The first-order chi connectivity index (χ1) is 14.6. The molecule has 1 aromatic heterocycles. The van der Waals surface area contributed by atoms with E-state index in [4.69, 9.17) is 9.47 Å². The van der Waals surface area contributed by atoms with E-state index >= 15 is 0 Å². The highest BCUT2D eigenvalue weighted by molar-refractivity contribution is 8.01. The zero-order chi connectivity index (χ0) is 21.3. The van der Waals surface area contributed by atoms with E-state index in [0.717, 1.165) is 21.2 Å². The molecule has 3 rings (SSSR count). The van der Waals surface area contributed by atoms with Crippen molar-refractivity contribution in [3.8, 4) is 11.5 Å². The number of amides is 1. The van der Waals surface area contributed by atoms with Crippen LogP contribution >= 0.6 is 23.1 Å². The van der Waals surface area contributed by atoms with Crippen LogP contribution in [-0.2, 0) is 11.4 Å². The average Bonchev–Trinajstić information content (AvgIpc) is 3.19. The fourth-order valence-corrected chi connectivity index (χ4v) is 4.25. The molecule has 1 heterocycles. The smallest absolute Gasteiger partial charge is 0.250 e. The molecular weight excluding hydrogens is 418 g/mol. The van der Waals surface area contributed by atoms with Crippen LogP contribution in [0.4, 0.5) is 5.13 Å². The van der Waals surface area contributed by atoms with Crippen molar-refractivity contribution in [2.45, 2.75) is 24.8 Å². The normalized spacial score (nSPS) is 10.9. The third-order valence-electron chi connectivity index (χ3n) is 4.16. The molecule has 0 fully saturated rings. The molecule has 1 amide bonds. The van der Waals surface area contributed by atoms with Gasteiger partial charge in [-0.05, 0) is 47.6 Å². The van der Waals surface area contributed by atoms with Crippen molar-refractivity contribution in [2.24, 2.45) is 0 Å². The lowest BCUT2D eigenvalue weighted by Gasteiger charge is -2.12. The Kier molecular flexibility index (Phi) is 7.87. The number of hydrogen-bond acceptors (Lipinski definition) is 7. The van der Waals surface area contributed by atoms with E-state index in [9.17, 15) is 4.79 Å². The van der Waals surface area contributed by atoms with Gasteiger partial charge in [0.2, 0.25) is 11.0 Å². The molecule has 3 aromatic rings. The number of thioether (sulfide) groups is 1. The lowest BCUT2D eigenvalue weighted by atomic mass is 10.1. The predicted octanol–water partition coefficient (Wildman–Crippen LogP) is 5.20. The maximum absolute atomic E-state index is 12.1. The molecule has 0 spiro atoms. The standard InChI is InChI=1S/C22H23N3O3S2/c1-4-29-22-25-24-21(30-22)23-20(26)12-10-16-9-11-18(19(13-16)27-3)28-14-17-8-6-5-7-15(17)2/h5-13H,4,14H2,1-3H3,(H,23,24,26)/b12-10+. The lowest BCUT2D eigenvalue weighted by molar-refractivity contribution is -0.111. The van der Waals surface area contributed by atoms with E-state index in [-0.39, 0.29) is 5.91 Å². The second kappa shape index (κ2) is 10.8. The van der Waals surface area contributed by atoms with Gasteiger partial charge in [0.1, 0.15) is 6.61 Å². The van der Waals surface area contributed by atoms with Crippen LogP contribution < -0.4 is 14.8 Å². The molecule has 2 aromatic carbocycles. The van der Waals surface area contributed by atoms with Crippen LogP contribution in [0, 0.1) is 6.92 Å². The van der Waals surface area contributed by atoms with Gasteiger partial charge in [0.15, 0.2) is 15.8 Å². The number of nitrogens with zero attached hydrogens (tertiary/aromatic N) is 2. The number of carbonyl (C=O) groups is 1. The van der Waals surface area contributed by atoms with Crippen LogP contribution in [0.3, 0.4) is 0 Å². The van der Waals surface area contributed by atoms with Crippen molar-refractivity contribution in [3.05, 3.63) is 65.2 Å². The SMILES string of the molecule is CCSc1nnc(NC(=O)/C=C/c2ccc(OCc3ccccc3C)c(OC)c2)s1. The number of methoxy groups -OCH3 is 1. The van der Waals surface area contributed by atoms with Crippen molar-refractivity contribution in [2.75, 3.05) is 18.2 Å². The molecule has 30 heavy (non-hydrogen) atoms. The second-order valence-electron chi connectivity index (χ2n) is 6.25. The molecule has 0 saturated heterocycles. The summed E-state index contributed by atoms with van der Waals surface area (Å²) in [7, 11) is 1.59. The molecule has 0 saturated carbocycles. The maximum Gasteiger partial charge on any atom is 0.250 e. The van der Waals surface area contributed by atoms with Crippen LogP contribution in [-0.4, -0.2) is 29.0 Å². The summed E-state index contributed by atoms with van der Waals surface area (Å²) in [6, 6.07) is 13.6. The Balaban J connectivity index is 1.61. The second-order valence-corrected chi connectivity index (χ2v) is 8.74. The summed E-state index contributed by atoms with van der Waals surface area (Å²) in [6.07, 6.45) is 3.17. The largest absolute Gasteiger partial charge is 0.493 e. The fraction of sp³-hybridized carbons (Fsp3) is 0.227. The number of aromatic nitrogens is 2. The number of ether oxygens (including phenoxy) is 2. The lowest BCUT2D eigenvalue weighted by Crippen LogP contribution is -2.07. The number of anilines is 1. The van der Waals surface area contributed by atoms with Gasteiger partial charge in [-0.2, -0.15) is 0 Å². The Morgan fingerprint density at radius 3 is 2.80 bits per heavy atom. The first-order valence-corrected chi connectivity index (χ1v) is 11.2. The van der Waals surface area contributed by atoms with Crippen molar-refractivity contribution in [1.82, 2.24) is 10.2 Å². The van der Waals surface area contributed by atoms with E-state index < -0.39 is 0 Å². The first-order valence-electron chi connectivity index (χ1n) is 9.39. The summed E-state index contributed by atoms with van der Waals surface area (Å²) in [4.78, 5) is 12.1. The minimum atomic E-state index is -0.266. The van der Waals surface area contributed by atoms with Gasteiger partial charge in [-0.25, -0.2) is 0 Å². The molecule has 0 aliphatic rings. The maximum atomic E-state index is 12.1. The molecule has 0 radical (unpaired) electrons. The Bertz CT molecular complexity index is 1030. The number of hydrogen-bond donors (Lipinski definition) is 1. The summed E-state index contributed by atoms with van der Waals surface area (Å²) in [5.74, 6) is 1.90. The van der Waals surface area contributed by atoms with E-state index in [1.807, 2.05) is 43.3 Å². The molecule has 156 valence electrons. The number of nitrogens with one attached hydrogen (secondary N) is 1. The van der Waals surface area contributed by atoms with Gasteiger partial charge >= 0.3 is 0 Å². The molecule has 0 atom stereocenters. The number of aryl methyl sites for hydroxylation is 1. The summed E-state index contributed by atoms with van der Waals surface area (Å²) >= 11 is 2.95. The summed E-state index contributed by atoms with van der Waals surface area (Å²) in [5, 5.41) is 11.2. The summed E-state index contributed by atoms with van der Waals surface area (Å²) < 4.78 is 12.2. The van der Waals surface area contributed by atoms with Crippen LogP contribution in [0.25, 0.3) is 6.08 Å². The van der Waals surface area contributed by atoms with E-state index in [1.165, 1.54) is 23.0 Å². The number of rotatable bonds is 9.